The summed E-state index contributed by atoms with van der Waals surface area (Å²) < 4.78 is 26.8. The Bertz CT molecular complexity index is 1250. The Hall–Kier alpha value is -2.73. The summed E-state index contributed by atoms with van der Waals surface area (Å²) in [5.41, 5.74) is 1.37. The lowest BCUT2D eigenvalue weighted by atomic mass is 10.2. The molecule has 1 atom stereocenters. The highest BCUT2D eigenvalue weighted by atomic mass is 35.5. The number of anilines is 1. The molecule has 7 nitrogen and oxygen atoms in total. The number of rotatable bonds is 5. The monoisotopic (exact) mass is 455 g/mol. The summed E-state index contributed by atoms with van der Waals surface area (Å²) in [5, 5.41) is 8.76. The van der Waals surface area contributed by atoms with E-state index in [0.29, 0.717) is 35.0 Å². The number of halogens is 1. The summed E-state index contributed by atoms with van der Waals surface area (Å²) in [5.74, 6) is 0.451. The molecule has 0 bridgehead atoms. The van der Waals surface area contributed by atoms with E-state index in [-0.39, 0.29) is 10.6 Å². The summed E-state index contributed by atoms with van der Waals surface area (Å²) in [6, 6.07) is 15.2. The van der Waals surface area contributed by atoms with Crippen LogP contribution in [0.1, 0.15) is 17.9 Å². The number of para-hydroxylation sites is 2. The van der Waals surface area contributed by atoms with Gasteiger partial charge in [0.2, 0.25) is 9.84 Å². The summed E-state index contributed by atoms with van der Waals surface area (Å²) in [6.45, 7) is 6.10. The van der Waals surface area contributed by atoms with E-state index in [1.165, 1.54) is 12.1 Å². The van der Waals surface area contributed by atoms with Crippen molar-refractivity contribution < 1.29 is 8.42 Å². The minimum absolute atomic E-state index is 0.0109. The zero-order valence-electron chi connectivity index (χ0n) is 17.1. The largest absolute Gasteiger partial charge is 0.352 e. The third kappa shape index (κ3) is 4.22. The Morgan fingerprint density at radius 1 is 1.06 bits per heavy atom. The Labute approximate surface area is 186 Å². The first kappa shape index (κ1) is 21.5. The summed E-state index contributed by atoms with van der Waals surface area (Å²) in [6.07, 6.45) is 0. The number of nitrogens with zero attached hydrogens (tertiary/aromatic N) is 5. The van der Waals surface area contributed by atoms with Crippen molar-refractivity contribution in [1.82, 2.24) is 14.9 Å². The lowest BCUT2D eigenvalue weighted by Crippen LogP contribution is -2.47. The second-order valence-electron chi connectivity index (χ2n) is 7.35. The maximum Gasteiger partial charge on any atom is 0.200 e. The van der Waals surface area contributed by atoms with Crippen molar-refractivity contribution in [2.75, 3.05) is 37.6 Å². The Morgan fingerprint density at radius 2 is 1.74 bits per heavy atom. The number of fused-ring (bicyclic) bond motifs is 1. The van der Waals surface area contributed by atoms with E-state index >= 15 is 0 Å². The van der Waals surface area contributed by atoms with Crippen LogP contribution in [0.25, 0.3) is 11.0 Å². The second-order valence-corrected chi connectivity index (χ2v) is 9.82. The average Bonchev–Trinajstić information content (AvgIpc) is 2.79. The van der Waals surface area contributed by atoms with Crippen molar-refractivity contribution in [3.63, 3.8) is 0 Å². The fourth-order valence-electron chi connectivity index (χ4n) is 3.75. The van der Waals surface area contributed by atoms with E-state index in [0.717, 1.165) is 19.6 Å². The zero-order chi connectivity index (χ0) is 22.0. The molecule has 9 heteroatoms. The second kappa shape index (κ2) is 8.79. The summed E-state index contributed by atoms with van der Waals surface area (Å²) >= 11 is 6.02. The summed E-state index contributed by atoms with van der Waals surface area (Å²) in [7, 11) is -4.06. The molecule has 1 saturated heterocycles. The number of aromatic nitrogens is 2. The molecule has 1 aromatic heterocycles. The molecule has 0 N–H and O–H groups in total. The molecule has 0 radical (unpaired) electrons. The van der Waals surface area contributed by atoms with Crippen LogP contribution in [-0.4, -0.2) is 56.0 Å². The van der Waals surface area contributed by atoms with Gasteiger partial charge < -0.3 is 9.80 Å². The fraction of sp³-hybridized carbons (Fsp3) is 0.318. The van der Waals surface area contributed by atoms with Gasteiger partial charge in [0.1, 0.15) is 5.69 Å². The van der Waals surface area contributed by atoms with Crippen LogP contribution in [0, 0.1) is 11.3 Å². The van der Waals surface area contributed by atoms with Gasteiger partial charge in [0, 0.05) is 31.2 Å². The van der Waals surface area contributed by atoms with Crippen LogP contribution in [0.5, 0.6) is 0 Å². The SMILES string of the molecule is CCN1CCN(c2nc3ccccc3nc2C(C#N)S(=O)(=O)c2cccc(Cl)c2)CC1. The number of likely N-dealkylation sites (N-methyl/N-ethyl adjacent to an activating group) is 1. The maximum atomic E-state index is 13.4. The Balaban J connectivity index is 1.85. The van der Waals surface area contributed by atoms with E-state index in [9.17, 15) is 13.7 Å². The van der Waals surface area contributed by atoms with Gasteiger partial charge in [0.05, 0.1) is 22.0 Å². The summed E-state index contributed by atoms with van der Waals surface area (Å²) in [4.78, 5) is 13.7. The molecule has 4 rings (SSSR count). The van der Waals surface area contributed by atoms with Crippen molar-refractivity contribution in [1.29, 1.82) is 5.26 Å². The van der Waals surface area contributed by atoms with Crippen LogP contribution >= 0.6 is 11.6 Å². The quantitative estimate of drug-likeness (QED) is 0.581. The number of benzene rings is 2. The Morgan fingerprint density at radius 3 is 2.35 bits per heavy atom. The molecular weight excluding hydrogens is 434 g/mol. The molecule has 31 heavy (non-hydrogen) atoms. The highest BCUT2D eigenvalue weighted by Gasteiger charge is 2.35. The van der Waals surface area contributed by atoms with Gasteiger partial charge in [0.15, 0.2) is 11.1 Å². The van der Waals surface area contributed by atoms with Gasteiger partial charge >= 0.3 is 0 Å². The van der Waals surface area contributed by atoms with Crippen LogP contribution in [0.4, 0.5) is 5.82 Å². The standard InChI is InChI=1S/C22H22ClN5O2S/c1-2-27-10-12-28(13-11-27)22-21(25-18-8-3-4-9-19(18)26-22)20(15-24)31(29,30)17-7-5-6-16(23)14-17/h3-9,14,20H,2,10-13H2,1H3. The molecule has 2 heterocycles. The highest BCUT2D eigenvalue weighted by molar-refractivity contribution is 7.92. The van der Waals surface area contributed by atoms with Crippen molar-refractivity contribution in [2.45, 2.75) is 17.1 Å². The minimum Gasteiger partial charge on any atom is -0.352 e. The highest BCUT2D eigenvalue weighted by Crippen LogP contribution is 2.34. The lowest BCUT2D eigenvalue weighted by Gasteiger charge is -2.35. The average molecular weight is 456 g/mol. The molecule has 1 aliphatic heterocycles. The third-order valence-corrected chi connectivity index (χ3v) is 7.59. The van der Waals surface area contributed by atoms with Crippen LogP contribution in [0.2, 0.25) is 5.02 Å². The number of piperazine rings is 1. The number of hydrogen-bond donors (Lipinski definition) is 0. The smallest absolute Gasteiger partial charge is 0.200 e. The van der Waals surface area contributed by atoms with Crippen molar-refractivity contribution in [3.05, 3.63) is 59.2 Å². The van der Waals surface area contributed by atoms with E-state index in [2.05, 4.69) is 16.8 Å². The molecule has 0 aliphatic carbocycles. The van der Waals surface area contributed by atoms with Crippen LogP contribution < -0.4 is 4.90 Å². The topological polar surface area (TPSA) is 90.2 Å². The van der Waals surface area contributed by atoms with Crippen molar-refractivity contribution in [3.8, 4) is 6.07 Å². The van der Waals surface area contributed by atoms with Gasteiger partial charge in [-0.25, -0.2) is 18.4 Å². The molecule has 160 valence electrons. The minimum atomic E-state index is -4.06. The third-order valence-electron chi connectivity index (χ3n) is 5.50. The molecule has 0 saturated carbocycles. The van der Waals surface area contributed by atoms with Gasteiger partial charge in [-0.05, 0) is 36.9 Å². The lowest BCUT2D eigenvalue weighted by molar-refractivity contribution is 0.270. The van der Waals surface area contributed by atoms with Crippen molar-refractivity contribution >= 4 is 38.3 Å². The first-order chi connectivity index (χ1) is 14.9. The Kier molecular flexibility index (Phi) is 6.10. The molecule has 0 amide bonds. The van der Waals surface area contributed by atoms with Crippen LogP contribution in [-0.2, 0) is 9.84 Å². The predicted molar refractivity (Wildman–Crippen MR) is 121 cm³/mol. The molecule has 0 spiro atoms. The van der Waals surface area contributed by atoms with E-state index in [1.54, 1.807) is 18.2 Å². The fourth-order valence-corrected chi connectivity index (χ4v) is 5.42. The number of hydrogen-bond acceptors (Lipinski definition) is 7. The number of sulfone groups is 1. The van der Waals surface area contributed by atoms with E-state index in [4.69, 9.17) is 16.6 Å². The van der Waals surface area contributed by atoms with Gasteiger partial charge in [-0.2, -0.15) is 5.26 Å². The normalized spacial score (nSPS) is 16.2. The van der Waals surface area contributed by atoms with Crippen LogP contribution in [0.15, 0.2) is 53.4 Å². The van der Waals surface area contributed by atoms with E-state index in [1.807, 2.05) is 29.2 Å². The zero-order valence-corrected chi connectivity index (χ0v) is 18.6. The van der Waals surface area contributed by atoms with Gasteiger partial charge in [-0.3, -0.25) is 0 Å². The van der Waals surface area contributed by atoms with E-state index < -0.39 is 15.1 Å². The predicted octanol–water partition coefficient (Wildman–Crippen LogP) is 3.46. The molecule has 1 fully saturated rings. The molecule has 2 aromatic carbocycles. The first-order valence-electron chi connectivity index (χ1n) is 10.1. The molecule has 1 aliphatic rings. The number of nitriles is 1. The maximum absolute atomic E-state index is 13.4. The van der Waals surface area contributed by atoms with Crippen LogP contribution in [0.3, 0.4) is 0 Å². The van der Waals surface area contributed by atoms with Crippen molar-refractivity contribution in [2.24, 2.45) is 0 Å². The van der Waals surface area contributed by atoms with Gasteiger partial charge in [0.25, 0.3) is 0 Å². The molecular formula is C22H22ClN5O2S. The van der Waals surface area contributed by atoms with Gasteiger partial charge in [-0.1, -0.05) is 36.7 Å². The first-order valence-corrected chi connectivity index (χ1v) is 12.0. The molecule has 1 unspecified atom stereocenters. The van der Waals surface area contributed by atoms with Gasteiger partial charge in [-0.15, -0.1) is 0 Å². The molecule has 3 aromatic rings.